The molecule has 0 aromatic carbocycles. The average Bonchev–Trinajstić information content (AvgIpc) is 3.12. The van der Waals surface area contributed by atoms with Crippen molar-refractivity contribution in [3.05, 3.63) is 36.4 Å². The second-order valence-corrected chi connectivity index (χ2v) is 13.2. The van der Waals surface area contributed by atoms with Crippen molar-refractivity contribution in [2.75, 3.05) is 12.9 Å². The summed E-state index contributed by atoms with van der Waals surface area (Å²) in [7, 11) is -3.77. The highest BCUT2D eigenvalue weighted by molar-refractivity contribution is 7.93. The zero-order valence-corrected chi connectivity index (χ0v) is 16.9. The number of carbonyl (C=O) groups excluding carboxylic acids is 1. The van der Waals surface area contributed by atoms with Gasteiger partial charge >= 0.3 is 0 Å². The van der Waals surface area contributed by atoms with Gasteiger partial charge in [-0.1, -0.05) is 32.8 Å². The number of ether oxygens (including phenoxy) is 1. The number of hydrogen-bond acceptors (Lipinski definition) is 4. The molecule has 0 amide bonds. The number of Topliss-reactive ketones (excluding diaryl/α,β-unsaturated/α-hetero) is 1. The van der Waals surface area contributed by atoms with Crippen molar-refractivity contribution in [3.8, 4) is 0 Å². The van der Waals surface area contributed by atoms with E-state index in [-0.39, 0.29) is 5.78 Å². The Kier molecular flexibility index (Phi) is 14.8. The molecule has 0 bridgehead atoms. The van der Waals surface area contributed by atoms with E-state index in [1.165, 1.54) is 6.92 Å². The SMILES string of the molecule is C=C(C)C(C)=O.C=CS(C)(=O)=O.C=C[Si](C)(C)C.CC1CO1. The first-order valence-corrected chi connectivity index (χ1v) is 12.4. The normalized spacial score (nSPS) is 15.3. The monoisotopic (exact) mass is 348 g/mol. The van der Waals surface area contributed by atoms with Crippen molar-refractivity contribution < 1.29 is 17.9 Å². The lowest BCUT2D eigenvalue weighted by Gasteiger charge is -2.04. The second-order valence-electron chi connectivity index (χ2n) is 6.05. The van der Waals surface area contributed by atoms with Gasteiger partial charge in [-0.25, -0.2) is 8.42 Å². The molecule has 1 heterocycles. The number of sulfone groups is 1. The highest BCUT2D eigenvalue weighted by Crippen LogP contribution is 2.04. The predicted octanol–water partition coefficient (Wildman–Crippen LogP) is 3.78. The van der Waals surface area contributed by atoms with Crippen LogP contribution in [0.2, 0.25) is 19.6 Å². The summed E-state index contributed by atoms with van der Waals surface area (Å²) in [6.07, 6.45) is 1.68. The smallest absolute Gasteiger partial charge is 0.168 e. The summed E-state index contributed by atoms with van der Waals surface area (Å²) in [5.41, 5.74) is 2.70. The fraction of sp³-hybridized carbons (Fsp3) is 0.562. The summed E-state index contributed by atoms with van der Waals surface area (Å²) in [6.45, 7) is 23.2. The third-order valence-electron chi connectivity index (χ3n) is 2.02. The molecule has 1 aliphatic rings. The first-order valence-electron chi connectivity index (χ1n) is 6.90. The summed E-state index contributed by atoms with van der Waals surface area (Å²) in [6, 6.07) is 0. The number of hydrogen-bond donors (Lipinski definition) is 0. The van der Waals surface area contributed by atoms with Gasteiger partial charge in [-0.3, -0.25) is 4.79 Å². The Hall–Kier alpha value is -0.983. The predicted molar refractivity (Wildman–Crippen MR) is 99.5 cm³/mol. The maximum atomic E-state index is 10.0. The van der Waals surface area contributed by atoms with Crippen LogP contribution in [0.4, 0.5) is 0 Å². The molecule has 1 unspecified atom stereocenters. The van der Waals surface area contributed by atoms with Crippen LogP contribution < -0.4 is 0 Å². The minimum atomic E-state index is -2.90. The number of allylic oxidation sites excluding steroid dienone is 1. The Morgan fingerprint density at radius 2 is 1.41 bits per heavy atom. The lowest BCUT2D eigenvalue weighted by atomic mass is 10.3. The van der Waals surface area contributed by atoms with Gasteiger partial charge in [0.25, 0.3) is 0 Å². The van der Waals surface area contributed by atoms with E-state index in [0.29, 0.717) is 11.7 Å². The van der Waals surface area contributed by atoms with Crippen molar-refractivity contribution >= 4 is 23.7 Å². The molecule has 6 heteroatoms. The number of epoxide rings is 1. The highest BCUT2D eigenvalue weighted by Gasteiger charge is 2.13. The Morgan fingerprint density at radius 1 is 1.23 bits per heavy atom. The van der Waals surface area contributed by atoms with E-state index >= 15 is 0 Å². The fourth-order valence-electron chi connectivity index (χ4n) is 0.0962. The Morgan fingerprint density at radius 3 is 1.41 bits per heavy atom. The van der Waals surface area contributed by atoms with Gasteiger partial charge in [-0.2, -0.15) is 0 Å². The standard InChI is InChI=1S/C5H8O.C5H12Si.C3H6O2S.C3H6O/c1-4(2)5(3)6;1-5-6(2,3)4;1-3-6(2,4)5;1-3-2-4-3/h1H2,2-3H3;5H,1H2,2-4H3;3H,1H2,2H3;3H,2H2,1H3. The molecular formula is C16H32O4SSi. The third kappa shape index (κ3) is 42.7. The molecule has 4 nitrogen and oxygen atoms in total. The molecule has 0 aliphatic carbocycles. The van der Waals surface area contributed by atoms with E-state index < -0.39 is 17.9 Å². The maximum Gasteiger partial charge on any atom is 0.168 e. The Bertz CT molecular complexity index is 431. The summed E-state index contributed by atoms with van der Waals surface area (Å²) in [4.78, 5) is 10.0. The van der Waals surface area contributed by atoms with Gasteiger partial charge in [0, 0.05) is 11.7 Å². The van der Waals surface area contributed by atoms with Crippen LogP contribution in [0.1, 0.15) is 20.8 Å². The van der Waals surface area contributed by atoms with Gasteiger partial charge < -0.3 is 4.74 Å². The molecule has 0 radical (unpaired) electrons. The van der Waals surface area contributed by atoms with Crippen LogP contribution in [0.15, 0.2) is 36.4 Å². The maximum absolute atomic E-state index is 10.0. The second kappa shape index (κ2) is 12.5. The van der Waals surface area contributed by atoms with Gasteiger partial charge in [0.15, 0.2) is 15.6 Å². The summed E-state index contributed by atoms with van der Waals surface area (Å²) in [5, 5.41) is 0.910. The average molecular weight is 349 g/mol. The fourth-order valence-corrected chi connectivity index (χ4v) is 0.0962. The van der Waals surface area contributed by atoms with E-state index in [9.17, 15) is 13.2 Å². The topological polar surface area (TPSA) is 63.7 Å². The zero-order chi connectivity index (χ0) is 18.6. The summed E-state index contributed by atoms with van der Waals surface area (Å²) < 4.78 is 24.5. The largest absolute Gasteiger partial charge is 0.373 e. The lowest BCUT2D eigenvalue weighted by Crippen LogP contribution is -2.14. The van der Waals surface area contributed by atoms with E-state index in [4.69, 9.17) is 4.74 Å². The molecule has 0 aromatic heterocycles. The van der Waals surface area contributed by atoms with Crippen LogP contribution in [0.3, 0.4) is 0 Å². The first kappa shape index (κ1) is 25.9. The Labute approximate surface area is 137 Å². The van der Waals surface area contributed by atoms with E-state index in [0.717, 1.165) is 18.3 Å². The summed E-state index contributed by atoms with van der Waals surface area (Å²) >= 11 is 0. The van der Waals surface area contributed by atoms with Crippen molar-refractivity contribution in [1.29, 1.82) is 0 Å². The molecule has 0 spiro atoms. The molecule has 1 fully saturated rings. The van der Waals surface area contributed by atoms with Crippen LogP contribution in [0.25, 0.3) is 0 Å². The van der Waals surface area contributed by atoms with Crippen LogP contribution in [-0.2, 0) is 19.4 Å². The van der Waals surface area contributed by atoms with Gasteiger partial charge in [0.1, 0.15) is 0 Å². The van der Waals surface area contributed by atoms with Crippen molar-refractivity contribution in [1.82, 2.24) is 0 Å². The van der Waals surface area contributed by atoms with E-state index in [2.05, 4.69) is 52.0 Å². The molecule has 0 N–H and O–H groups in total. The molecule has 1 atom stereocenters. The molecule has 1 aliphatic heterocycles. The van der Waals surface area contributed by atoms with Crippen molar-refractivity contribution in [2.45, 2.75) is 46.5 Å². The summed E-state index contributed by atoms with van der Waals surface area (Å²) in [5.74, 6) is 0.0648. The first-order chi connectivity index (χ1) is 9.66. The minimum absolute atomic E-state index is 0.0648. The van der Waals surface area contributed by atoms with Crippen molar-refractivity contribution in [2.24, 2.45) is 0 Å². The molecule has 1 rings (SSSR count). The lowest BCUT2D eigenvalue weighted by molar-refractivity contribution is -0.113. The minimum Gasteiger partial charge on any atom is -0.373 e. The molecule has 1 saturated heterocycles. The van der Waals surface area contributed by atoms with E-state index in [1.807, 2.05) is 0 Å². The van der Waals surface area contributed by atoms with Crippen LogP contribution in [0.5, 0.6) is 0 Å². The molecular weight excluding hydrogens is 316 g/mol. The molecule has 0 aromatic rings. The van der Waals surface area contributed by atoms with Crippen LogP contribution in [0, 0.1) is 0 Å². The van der Waals surface area contributed by atoms with Gasteiger partial charge in [0.2, 0.25) is 0 Å². The van der Waals surface area contributed by atoms with Crippen LogP contribution in [-0.4, -0.2) is 41.2 Å². The van der Waals surface area contributed by atoms with Gasteiger partial charge in [-0.15, -0.1) is 12.3 Å². The van der Waals surface area contributed by atoms with Gasteiger partial charge in [0.05, 0.1) is 20.8 Å². The number of rotatable bonds is 3. The highest BCUT2D eigenvalue weighted by atomic mass is 32.2. The Balaban J connectivity index is -0.000000220. The zero-order valence-electron chi connectivity index (χ0n) is 15.1. The number of carbonyl (C=O) groups is 1. The molecule has 0 saturated carbocycles. The number of ketones is 1. The molecule has 130 valence electrons. The third-order valence-corrected chi connectivity index (χ3v) is 3.85. The van der Waals surface area contributed by atoms with Gasteiger partial charge in [-0.05, 0) is 26.3 Å². The van der Waals surface area contributed by atoms with E-state index in [1.54, 1.807) is 6.92 Å². The van der Waals surface area contributed by atoms with Crippen molar-refractivity contribution in [3.63, 3.8) is 0 Å². The molecule has 22 heavy (non-hydrogen) atoms. The van der Waals surface area contributed by atoms with Crippen LogP contribution >= 0.6 is 0 Å². The quantitative estimate of drug-likeness (QED) is 0.442.